The summed E-state index contributed by atoms with van der Waals surface area (Å²) in [6.45, 7) is 8.21. The van der Waals surface area contributed by atoms with E-state index in [1.165, 1.54) is 11.6 Å². The van der Waals surface area contributed by atoms with Crippen molar-refractivity contribution in [3.63, 3.8) is 0 Å². The molecule has 0 bridgehead atoms. The van der Waals surface area contributed by atoms with Gasteiger partial charge in [-0.05, 0) is 37.5 Å². The van der Waals surface area contributed by atoms with Gasteiger partial charge < -0.3 is 20.1 Å². The Labute approximate surface area is 210 Å². The van der Waals surface area contributed by atoms with Crippen molar-refractivity contribution in [2.45, 2.75) is 38.9 Å². The molecule has 36 heavy (non-hydrogen) atoms. The van der Waals surface area contributed by atoms with Gasteiger partial charge >= 0.3 is 0 Å². The molecule has 1 aromatic heterocycles. The van der Waals surface area contributed by atoms with E-state index in [0.717, 1.165) is 45.6 Å². The first-order valence-corrected chi connectivity index (χ1v) is 12.9. The Kier molecular flexibility index (Phi) is 7.34. The summed E-state index contributed by atoms with van der Waals surface area (Å²) in [7, 11) is 0. The maximum absolute atomic E-state index is 15.1. The molecule has 0 unspecified atom stereocenters. The number of hydrogen-bond acceptors (Lipinski definition) is 5. The number of carbonyl (C=O) groups is 1. The largest absolute Gasteiger partial charge is 0.367 e. The van der Waals surface area contributed by atoms with Crippen molar-refractivity contribution in [3.8, 4) is 0 Å². The summed E-state index contributed by atoms with van der Waals surface area (Å²) in [5.41, 5.74) is 2.10. The van der Waals surface area contributed by atoms with Crippen molar-refractivity contribution in [2.24, 2.45) is 0 Å². The van der Waals surface area contributed by atoms with Crippen LogP contribution in [0.2, 0.25) is 0 Å². The van der Waals surface area contributed by atoms with Crippen molar-refractivity contribution < 1.29 is 9.18 Å². The predicted octanol–water partition coefficient (Wildman–Crippen LogP) is 2.96. The van der Waals surface area contributed by atoms with E-state index in [2.05, 4.69) is 27.7 Å². The van der Waals surface area contributed by atoms with E-state index in [4.69, 9.17) is 0 Å². The number of pyridine rings is 1. The standard InChI is InChI=1S/C28H34FN5O2/c1-2-33-19-23(27(35)22-16-24(29)26(17-25(22)33)34-14-10-30-11-15-34)28(36)31-21-8-12-32(13-9-21)18-20-6-4-3-5-7-20/h3-7,16-17,19,21,30H,2,8-15,18H2,1H3,(H,31,36). The molecule has 3 heterocycles. The van der Waals surface area contributed by atoms with Crippen molar-refractivity contribution in [2.75, 3.05) is 44.2 Å². The van der Waals surface area contributed by atoms with Gasteiger partial charge in [0, 0.05) is 70.0 Å². The lowest BCUT2D eigenvalue weighted by atomic mass is 10.0. The molecule has 5 rings (SSSR count). The molecule has 0 radical (unpaired) electrons. The van der Waals surface area contributed by atoms with Gasteiger partial charge in [-0.1, -0.05) is 30.3 Å². The van der Waals surface area contributed by atoms with Gasteiger partial charge in [0.1, 0.15) is 11.4 Å². The van der Waals surface area contributed by atoms with Gasteiger partial charge in [-0.15, -0.1) is 0 Å². The Bertz CT molecular complexity index is 1280. The molecule has 2 N–H and O–H groups in total. The first-order chi connectivity index (χ1) is 17.5. The quantitative estimate of drug-likeness (QED) is 0.555. The number of piperidine rings is 1. The number of fused-ring (bicyclic) bond motifs is 1. The van der Waals surface area contributed by atoms with Crippen molar-refractivity contribution in [1.82, 2.24) is 20.1 Å². The number of halogens is 1. The number of likely N-dealkylation sites (tertiary alicyclic amines) is 1. The van der Waals surface area contributed by atoms with E-state index >= 15 is 4.39 Å². The fraction of sp³-hybridized carbons (Fsp3) is 0.429. The molecular formula is C28H34FN5O2. The highest BCUT2D eigenvalue weighted by Crippen LogP contribution is 2.26. The van der Waals surface area contributed by atoms with Gasteiger partial charge in [-0.2, -0.15) is 0 Å². The van der Waals surface area contributed by atoms with Gasteiger partial charge in [0.25, 0.3) is 5.91 Å². The van der Waals surface area contributed by atoms with Crippen LogP contribution in [0.4, 0.5) is 10.1 Å². The molecular weight excluding hydrogens is 457 g/mol. The number of hydrogen-bond donors (Lipinski definition) is 2. The molecule has 0 spiro atoms. The average molecular weight is 492 g/mol. The number of benzene rings is 2. The summed E-state index contributed by atoms with van der Waals surface area (Å²) < 4.78 is 17.0. The molecule has 2 fully saturated rings. The zero-order chi connectivity index (χ0) is 25.1. The fourth-order valence-electron chi connectivity index (χ4n) is 5.31. The molecule has 8 heteroatoms. The number of nitrogens with zero attached hydrogens (tertiary/aromatic N) is 3. The third-order valence-electron chi connectivity index (χ3n) is 7.36. The summed E-state index contributed by atoms with van der Waals surface area (Å²) in [5.74, 6) is -0.801. The Balaban J connectivity index is 1.32. The molecule has 0 aliphatic carbocycles. The number of anilines is 1. The molecule has 2 saturated heterocycles. The second kappa shape index (κ2) is 10.8. The van der Waals surface area contributed by atoms with Crippen molar-refractivity contribution in [3.05, 3.63) is 75.8 Å². The topological polar surface area (TPSA) is 69.6 Å². The van der Waals surface area contributed by atoms with E-state index in [0.29, 0.717) is 30.8 Å². The lowest BCUT2D eigenvalue weighted by Crippen LogP contribution is -2.45. The van der Waals surface area contributed by atoms with Gasteiger partial charge in [0.15, 0.2) is 0 Å². The molecule has 190 valence electrons. The average Bonchev–Trinajstić information content (AvgIpc) is 2.91. The number of rotatable bonds is 6. The van der Waals surface area contributed by atoms with Crippen LogP contribution in [-0.2, 0) is 13.1 Å². The first kappa shape index (κ1) is 24.5. The summed E-state index contributed by atoms with van der Waals surface area (Å²) in [4.78, 5) is 30.9. The lowest BCUT2D eigenvalue weighted by Gasteiger charge is -2.32. The van der Waals surface area contributed by atoms with Gasteiger partial charge in [-0.3, -0.25) is 14.5 Å². The maximum Gasteiger partial charge on any atom is 0.256 e. The Morgan fingerprint density at radius 2 is 1.81 bits per heavy atom. The smallest absolute Gasteiger partial charge is 0.256 e. The molecule has 0 atom stereocenters. The van der Waals surface area contributed by atoms with Crippen LogP contribution in [0.3, 0.4) is 0 Å². The number of piperazine rings is 1. The highest BCUT2D eigenvalue weighted by Gasteiger charge is 2.24. The molecule has 2 aliphatic heterocycles. The lowest BCUT2D eigenvalue weighted by molar-refractivity contribution is 0.0907. The second-order valence-electron chi connectivity index (χ2n) is 9.73. The van der Waals surface area contributed by atoms with E-state index in [-0.39, 0.29) is 22.9 Å². The summed E-state index contributed by atoms with van der Waals surface area (Å²) in [5, 5.41) is 6.59. The molecule has 2 aromatic carbocycles. The second-order valence-corrected chi connectivity index (χ2v) is 9.73. The normalized spacial score (nSPS) is 17.4. The SMILES string of the molecule is CCn1cc(C(=O)NC2CCN(Cc3ccccc3)CC2)c(=O)c2cc(F)c(N3CCNCC3)cc21. The van der Waals surface area contributed by atoms with E-state index in [1.54, 1.807) is 12.3 Å². The highest BCUT2D eigenvalue weighted by atomic mass is 19.1. The molecule has 1 amide bonds. The Morgan fingerprint density at radius 3 is 2.50 bits per heavy atom. The van der Waals surface area contributed by atoms with E-state index in [9.17, 15) is 9.59 Å². The number of amides is 1. The van der Waals surface area contributed by atoms with Gasteiger partial charge in [0.2, 0.25) is 5.43 Å². The molecule has 0 saturated carbocycles. The zero-order valence-corrected chi connectivity index (χ0v) is 20.8. The van der Waals surface area contributed by atoms with Crippen molar-refractivity contribution >= 4 is 22.5 Å². The molecule has 7 nitrogen and oxygen atoms in total. The Hall–Kier alpha value is -3.23. The van der Waals surface area contributed by atoms with Crippen LogP contribution in [0.15, 0.2) is 53.5 Å². The summed E-state index contributed by atoms with van der Waals surface area (Å²) in [6.07, 6.45) is 3.29. The van der Waals surface area contributed by atoms with Crippen molar-refractivity contribution in [1.29, 1.82) is 0 Å². The van der Waals surface area contributed by atoms with E-state index < -0.39 is 11.2 Å². The summed E-state index contributed by atoms with van der Waals surface area (Å²) >= 11 is 0. The monoisotopic (exact) mass is 491 g/mol. The van der Waals surface area contributed by atoms with Crippen LogP contribution < -0.4 is 21.0 Å². The minimum absolute atomic E-state index is 0.0153. The minimum Gasteiger partial charge on any atom is -0.367 e. The van der Waals surface area contributed by atoms with Crippen LogP contribution in [0, 0.1) is 5.82 Å². The van der Waals surface area contributed by atoms with Gasteiger partial charge in [0.05, 0.1) is 11.2 Å². The zero-order valence-electron chi connectivity index (χ0n) is 20.8. The number of nitrogens with one attached hydrogen (secondary N) is 2. The van der Waals surface area contributed by atoms with Crippen LogP contribution in [0.5, 0.6) is 0 Å². The number of aromatic nitrogens is 1. The highest BCUT2D eigenvalue weighted by molar-refractivity contribution is 5.98. The minimum atomic E-state index is -0.424. The molecule has 3 aromatic rings. The van der Waals surface area contributed by atoms with Crippen LogP contribution in [-0.4, -0.2) is 60.7 Å². The van der Waals surface area contributed by atoms with Gasteiger partial charge in [-0.25, -0.2) is 4.39 Å². The maximum atomic E-state index is 15.1. The van der Waals surface area contributed by atoms with Crippen LogP contribution in [0.1, 0.15) is 35.7 Å². The first-order valence-electron chi connectivity index (χ1n) is 12.9. The summed E-state index contributed by atoms with van der Waals surface area (Å²) in [6, 6.07) is 13.4. The van der Waals surface area contributed by atoms with E-state index in [1.807, 2.05) is 34.6 Å². The Morgan fingerprint density at radius 1 is 1.08 bits per heavy atom. The molecule has 2 aliphatic rings. The van der Waals surface area contributed by atoms with Crippen LogP contribution >= 0.6 is 0 Å². The third kappa shape index (κ3) is 5.15. The fourth-order valence-corrected chi connectivity index (χ4v) is 5.31. The van der Waals surface area contributed by atoms with Crippen LogP contribution in [0.25, 0.3) is 10.9 Å². The third-order valence-corrected chi connectivity index (χ3v) is 7.36. The number of aryl methyl sites for hydroxylation is 1. The predicted molar refractivity (Wildman–Crippen MR) is 141 cm³/mol. The number of carbonyl (C=O) groups excluding carboxylic acids is 1.